The van der Waals surface area contributed by atoms with Crippen molar-refractivity contribution in [3.8, 4) is 16.8 Å². The van der Waals surface area contributed by atoms with E-state index in [1.54, 1.807) is 4.68 Å². The first-order chi connectivity index (χ1) is 21.2. The number of aryl methyl sites for hydroxylation is 1. The highest BCUT2D eigenvalue weighted by Crippen LogP contribution is 2.34. The Morgan fingerprint density at radius 3 is 2.27 bits per heavy atom. The first kappa shape index (κ1) is 29.1. The predicted molar refractivity (Wildman–Crippen MR) is 176 cm³/mol. The summed E-state index contributed by atoms with van der Waals surface area (Å²) in [6, 6.07) is 29.2. The van der Waals surface area contributed by atoms with Crippen molar-refractivity contribution in [1.82, 2.24) is 14.7 Å². The number of morpholine rings is 1. The van der Waals surface area contributed by atoms with Crippen molar-refractivity contribution in [3.63, 3.8) is 0 Å². The van der Waals surface area contributed by atoms with E-state index in [1.165, 1.54) is 0 Å². The van der Waals surface area contributed by atoms with Crippen LogP contribution >= 0.6 is 0 Å². The summed E-state index contributed by atoms with van der Waals surface area (Å²) < 4.78 is 7.18. The second-order valence-corrected chi connectivity index (χ2v) is 12.2. The van der Waals surface area contributed by atoms with E-state index in [0.29, 0.717) is 43.4 Å². The Morgan fingerprint density at radius 2 is 1.55 bits per heavy atom. The van der Waals surface area contributed by atoms with Crippen molar-refractivity contribution in [1.29, 1.82) is 0 Å². The molecule has 1 aliphatic rings. The molecule has 1 fully saturated rings. The van der Waals surface area contributed by atoms with Crippen LogP contribution in [0.4, 0.5) is 16.3 Å². The summed E-state index contributed by atoms with van der Waals surface area (Å²) in [5, 5.41) is 12.8. The number of carbonyl (C=O) groups excluding carboxylic acids is 2. The number of ether oxygens (including phenoxy) is 1. The molecule has 0 atom stereocenters. The van der Waals surface area contributed by atoms with Crippen LogP contribution in [0.3, 0.4) is 0 Å². The lowest BCUT2D eigenvalue weighted by Gasteiger charge is -2.27. The molecule has 0 aliphatic carbocycles. The van der Waals surface area contributed by atoms with Crippen LogP contribution in [-0.4, -0.2) is 52.9 Å². The molecular weight excluding hydrogens is 550 g/mol. The van der Waals surface area contributed by atoms with Gasteiger partial charge in [0.2, 0.25) is 0 Å². The van der Waals surface area contributed by atoms with Crippen molar-refractivity contribution >= 4 is 34.2 Å². The summed E-state index contributed by atoms with van der Waals surface area (Å²) in [5.74, 6) is 0.591. The van der Waals surface area contributed by atoms with Gasteiger partial charge in [0.1, 0.15) is 5.82 Å². The number of amides is 3. The monoisotopic (exact) mass is 587 g/mol. The Hall–Kier alpha value is -4.95. The minimum atomic E-state index is -0.366. The fraction of sp³-hybridized carbons (Fsp3) is 0.250. The van der Waals surface area contributed by atoms with Gasteiger partial charge in [-0.05, 0) is 53.8 Å². The third kappa shape index (κ3) is 6.07. The van der Waals surface area contributed by atoms with Crippen molar-refractivity contribution in [3.05, 3.63) is 108 Å². The number of hydrogen-bond acceptors (Lipinski definition) is 4. The van der Waals surface area contributed by atoms with Crippen LogP contribution in [0.2, 0.25) is 0 Å². The van der Waals surface area contributed by atoms with E-state index in [4.69, 9.17) is 9.84 Å². The van der Waals surface area contributed by atoms with Gasteiger partial charge in [0.05, 0.1) is 30.3 Å². The van der Waals surface area contributed by atoms with Gasteiger partial charge in [0.15, 0.2) is 0 Å². The van der Waals surface area contributed by atoms with Gasteiger partial charge in [0, 0.05) is 35.5 Å². The molecule has 0 spiro atoms. The molecule has 2 N–H and O–H groups in total. The molecule has 5 aromatic rings. The van der Waals surface area contributed by atoms with Gasteiger partial charge >= 0.3 is 6.03 Å². The molecule has 4 aromatic carbocycles. The molecule has 0 radical (unpaired) electrons. The van der Waals surface area contributed by atoms with Gasteiger partial charge in [-0.15, -0.1) is 0 Å². The standard InChI is InChI=1S/C36H37N5O3/c1-24-12-14-27(15-13-24)41-33(23-32(39-41)36(2,3)4)38-35(43)37-31-17-16-28(29-10-5-6-11-30(29)31)25-8-7-9-26(22-25)34(42)40-18-20-44-21-19-40/h5-17,22-23H,18-21H2,1-4H3,(H2,37,38,43). The number of hydrogen-bond donors (Lipinski definition) is 2. The van der Waals surface area contributed by atoms with Crippen LogP contribution in [0.15, 0.2) is 91.0 Å². The van der Waals surface area contributed by atoms with E-state index in [2.05, 4.69) is 31.4 Å². The largest absolute Gasteiger partial charge is 0.378 e. The average Bonchev–Trinajstić information content (AvgIpc) is 3.46. The fourth-order valence-electron chi connectivity index (χ4n) is 5.42. The number of benzene rings is 4. The van der Waals surface area contributed by atoms with Gasteiger partial charge in [-0.2, -0.15) is 5.10 Å². The van der Waals surface area contributed by atoms with Crippen LogP contribution in [-0.2, 0) is 10.2 Å². The number of urea groups is 1. The van der Waals surface area contributed by atoms with Crippen molar-refractivity contribution < 1.29 is 14.3 Å². The molecule has 0 bridgehead atoms. The Bertz CT molecular complexity index is 1830. The van der Waals surface area contributed by atoms with E-state index in [0.717, 1.165) is 38.8 Å². The Kier molecular flexibility index (Phi) is 7.93. The number of carbonyl (C=O) groups is 2. The molecule has 3 amide bonds. The van der Waals surface area contributed by atoms with Crippen LogP contribution in [0.5, 0.6) is 0 Å². The third-order valence-corrected chi connectivity index (χ3v) is 7.89. The predicted octanol–water partition coefficient (Wildman–Crippen LogP) is 7.41. The molecule has 1 aromatic heterocycles. The smallest absolute Gasteiger partial charge is 0.324 e. The molecule has 8 nitrogen and oxygen atoms in total. The zero-order valence-corrected chi connectivity index (χ0v) is 25.6. The van der Waals surface area contributed by atoms with E-state index in [-0.39, 0.29) is 17.4 Å². The zero-order valence-electron chi connectivity index (χ0n) is 25.6. The maximum Gasteiger partial charge on any atom is 0.324 e. The summed E-state index contributed by atoms with van der Waals surface area (Å²) in [4.78, 5) is 28.4. The zero-order chi connectivity index (χ0) is 30.8. The van der Waals surface area contributed by atoms with E-state index >= 15 is 0 Å². The molecule has 224 valence electrons. The van der Waals surface area contributed by atoms with Crippen LogP contribution in [0.1, 0.15) is 42.4 Å². The van der Waals surface area contributed by atoms with E-state index in [9.17, 15) is 9.59 Å². The number of nitrogens with zero attached hydrogens (tertiary/aromatic N) is 3. The summed E-state index contributed by atoms with van der Waals surface area (Å²) in [6.07, 6.45) is 0. The summed E-state index contributed by atoms with van der Waals surface area (Å²) >= 11 is 0. The maximum absolute atomic E-state index is 13.4. The molecule has 0 unspecified atom stereocenters. The Labute approximate surface area is 257 Å². The normalized spacial score (nSPS) is 13.6. The summed E-state index contributed by atoms with van der Waals surface area (Å²) in [5.41, 5.74) is 5.94. The lowest BCUT2D eigenvalue weighted by atomic mass is 9.92. The van der Waals surface area contributed by atoms with E-state index < -0.39 is 0 Å². The molecule has 6 rings (SSSR count). The number of nitrogens with one attached hydrogen (secondary N) is 2. The van der Waals surface area contributed by atoms with Crippen molar-refractivity contribution in [2.24, 2.45) is 0 Å². The quantitative estimate of drug-likeness (QED) is 0.224. The molecule has 1 saturated heterocycles. The highest BCUT2D eigenvalue weighted by molar-refractivity contribution is 6.10. The van der Waals surface area contributed by atoms with Crippen LogP contribution < -0.4 is 10.6 Å². The number of anilines is 2. The number of aromatic nitrogens is 2. The fourth-order valence-corrected chi connectivity index (χ4v) is 5.42. The Balaban J connectivity index is 1.28. The van der Waals surface area contributed by atoms with Crippen molar-refractivity contribution in [2.45, 2.75) is 33.1 Å². The first-order valence-electron chi connectivity index (χ1n) is 14.9. The molecular formula is C36H37N5O3. The molecule has 0 saturated carbocycles. The molecule has 8 heteroatoms. The summed E-state index contributed by atoms with van der Waals surface area (Å²) in [7, 11) is 0. The second-order valence-electron chi connectivity index (χ2n) is 12.2. The highest BCUT2D eigenvalue weighted by atomic mass is 16.5. The minimum absolute atomic E-state index is 0.00825. The van der Waals surface area contributed by atoms with Gasteiger partial charge in [-0.25, -0.2) is 9.48 Å². The average molecular weight is 588 g/mol. The SMILES string of the molecule is Cc1ccc(-n2nc(C(C)(C)C)cc2NC(=O)Nc2ccc(-c3cccc(C(=O)N4CCOCC4)c3)c3ccccc23)cc1. The second kappa shape index (κ2) is 12.0. The molecule has 44 heavy (non-hydrogen) atoms. The highest BCUT2D eigenvalue weighted by Gasteiger charge is 2.22. The van der Waals surface area contributed by atoms with Gasteiger partial charge in [0.25, 0.3) is 5.91 Å². The minimum Gasteiger partial charge on any atom is -0.378 e. The first-order valence-corrected chi connectivity index (χ1v) is 14.9. The topological polar surface area (TPSA) is 88.5 Å². The lowest BCUT2D eigenvalue weighted by Crippen LogP contribution is -2.40. The van der Waals surface area contributed by atoms with E-state index in [1.807, 2.05) is 103 Å². The Morgan fingerprint density at radius 1 is 0.818 bits per heavy atom. The summed E-state index contributed by atoms with van der Waals surface area (Å²) in [6.45, 7) is 10.6. The third-order valence-electron chi connectivity index (χ3n) is 7.89. The van der Waals surface area contributed by atoms with Gasteiger partial charge in [-0.3, -0.25) is 10.1 Å². The van der Waals surface area contributed by atoms with Crippen LogP contribution in [0.25, 0.3) is 27.6 Å². The molecule has 2 heterocycles. The van der Waals surface area contributed by atoms with Gasteiger partial charge in [-0.1, -0.05) is 80.9 Å². The van der Waals surface area contributed by atoms with Crippen LogP contribution in [0, 0.1) is 6.92 Å². The van der Waals surface area contributed by atoms with Gasteiger partial charge < -0.3 is 15.0 Å². The lowest BCUT2D eigenvalue weighted by molar-refractivity contribution is 0.0303. The molecule has 1 aliphatic heterocycles. The number of fused-ring (bicyclic) bond motifs is 1. The van der Waals surface area contributed by atoms with Crippen molar-refractivity contribution in [2.75, 3.05) is 36.9 Å². The number of rotatable bonds is 5. The maximum atomic E-state index is 13.4.